The molecule has 4 nitrogen and oxygen atoms in total. The number of fused-ring (bicyclic) bond motifs is 1. The third-order valence-corrected chi connectivity index (χ3v) is 3.90. The number of carbonyl (C=O) groups is 1. The minimum atomic E-state index is -0.491. The number of benzene rings is 2. The quantitative estimate of drug-likeness (QED) is 0.782. The first-order valence-corrected chi connectivity index (χ1v) is 7.37. The van der Waals surface area contributed by atoms with Gasteiger partial charge in [0.05, 0.1) is 10.2 Å². The summed E-state index contributed by atoms with van der Waals surface area (Å²) in [5, 5.41) is 3.22. The normalized spacial score (nSPS) is 10.5. The third-order valence-electron chi connectivity index (χ3n) is 2.97. The van der Waals surface area contributed by atoms with Crippen LogP contribution in [-0.2, 0) is 11.3 Å². The Bertz CT molecular complexity index is 768. The predicted molar refractivity (Wildman–Crippen MR) is 84.6 cm³/mol. The summed E-state index contributed by atoms with van der Waals surface area (Å²) in [5.74, 6) is 0. The van der Waals surface area contributed by atoms with Gasteiger partial charge in [-0.05, 0) is 30.2 Å². The molecule has 2 aromatic carbocycles. The molecule has 0 spiro atoms. The zero-order valence-electron chi connectivity index (χ0n) is 11.5. The molecule has 0 fully saturated rings. The molecular weight excluding hydrogens is 284 g/mol. The number of anilines is 1. The van der Waals surface area contributed by atoms with Gasteiger partial charge in [-0.1, -0.05) is 47.7 Å². The van der Waals surface area contributed by atoms with Crippen LogP contribution >= 0.6 is 11.3 Å². The van der Waals surface area contributed by atoms with Crippen LogP contribution in [0.25, 0.3) is 10.2 Å². The van der Waals surface area contributed by atoms with Gasteiger partial charge in [-0.2, -0.15) is 0 Å². The van der Waals surface area contributed by atoms with Gasteiger partial charge < -0.3 is 4.74 Å². The molecule has 3 aromatic rings. The number of carbonyl (C=O) groups excluding carboxylic acids is 1. The Morgan fingerprint density at radius 1 is 1.24 bits per heavy atom. The van der Waals surface area contributed by atoms with Gasteiger partial charge in [-0.15, -0.1) is 0 Å². The topological polar surface area (TPSA) is 51.2 Å². The van der Waals surface area contributed by atoms with Gasteiger partial charge in [0.1, 0.15) is 6.61 Å². The molecule has 0 saturated carbocycles. The predicted octanol–water partition coefficient (Wildman–Crippen LogP) is 4.35. The number of thiazole rings is 1. The highest BCUT2D eigenvalue weighted by atomic mass is 32.1. The third kappa shape index (κ3) is 3.38. The molecule has 1 N–H and O–H groups in total. The summed E-state index contributed by atoms with van der Waals surface area (Å²) in [5.41, 5.74) is 3.00. The molecule has 0 bridgehead atoms. The van der Waals surface area contributed by atoms with Crippen molar-refractivity contribution in [1.82, 2.24) is 4.98 Å². The summed E-state index contributed by atoms with van der Waals surface area (Å²) in [6.45, 7) is 2.27. The number of nitrogens with one attached hydrogen (secondary N) is 1. The van der Waals surface area contributed by atoms with E-state index < -0.39 is 6.09 Å². The second kappa shape index (κ2) is 5.93. The van der Waals surface area contributed by atoms with Gasteiger partial charge in [0.2, 0.25) is 0 Å². The maximum absolute atomic E-state index is 11.8. The SMILES string of the molecule is Cc1ccc2nc(NC(=O)OCc3ccccc3)sc2c1. The van der Waals surface area contributed by atoms with Gasteiger partial charge in [0.25, 0.3) is 0 Å². The Kier molecular flexibility index (Phi) is 3.83. The van der Waals surface area contributed by atoms with Crippen LogP contribution in [0.1, 0.15) is 11.1 Å². The van der Waals surface area contributed by atoms with E-state index in [0.717, 1.165) is 15.8 Å². The van der Waals surface area contributed by atoms with E-state index >= 15 is 0 Å². The average Bonchev–Trinajstić information content (AvgIpc) is 2.87. The molecule has 0 atom stereocenters. The lowest BCUT2D eigenvalue weighted by molar-refractivity contribution is 0.155. The fraction of sp³-hybridized carbons (Fsp3) is 0.125. The van der Waals surface area contributed by atoms with E-state index in [-0.39, 0.29) is 6.61 Å². The zero-order valence-corrected chi connectivity index (χ0v) is 12.3. The summed E-state index contributed by atoms with van der Waals surface area (Å²) < 4.78 is 6.22. The van der Waals surface area contributed by atoms with Crippen LogP contribution in [0.5, 0.6) is 0 Å². The smallest absolute Gasteiger partial charge is 0.413 e. The Hall–Kier alpha value is -2.40. The van der Waals surface area contributed by atoms with E-state index in [0.29, 0.717) is 5.13 Å². The monoisotopic (exact) mass is 298 g/mol. The number of hydrogen-bond donors (Lipinski definition) is 1. The standard InChI is InChI=1S/C16H14N2O2S/c1-11-7-8-13-14(9-11)21-15(17-13)18-16(19)20-10-12-5-3-2-4-6-12/h2-9H,10H2,1H3,(H,17,18,19). The Morgan fingerprint density at radius 3 is 2.86 bits per heavy atom. The fourth-order valence-corrected chi connectivity index (χ4v) is 2.88. The second-order valence-corrected chi connectivity index (χ2v) is 5.71. The van der Waals surface area contributed by atoms with E-state index in [9.17, 15) is 4.79 Å². The molecule has 1 amide bonds. The van der Waals surface area contributed by atoms with Crippen LogP contribution in [0.4, 0.5) is 9.93 Å². The van der Waals surface area contributed by atoms with Crippen molar-refractivity contribution in [3.05, 3.63) is 59.7 Å². The Balaban J connectivity index is 1.63. The van der Waals surface area contributed by atoms with Gasteiger partial charge in [0, 0.05) is 0 Å². The van der Waals surface area contributed by atoms with Crippen LogP contribution < -0.4 is 5.32 Å². The number of aromatic nitrogens is 1. The first-order valence-electron chi connectivity index (χ1n) is 6.55. The van der Waals surface area contributed by atoms with Gasteiger partial charge in [-0.25, -0.2) is 9.78 Å². The van der Waals surface area contributed by atoms with Gasteiger partial charge in [-0.3, -0.25) is 5.32 Å². The highest BCUT2D eigenvalue weighted by Gasteiger charge is 2.08. The van der Waals surface area contributed by atoms with Crippen LogP contribution in [0.3, 0.4) is 0 Å². The number of rotatable bonds is 3. The van der Waals surface area contributed by atoms with Crippen LogP contribution in [0, 0.1) is 6.92 Å². The minimum Gasteiger partial charge on any atom is -0.444 e. The van der Waals surface area contributed by atoms with Crippen LogP contribution in [0.15, 0.2) is 48.5 Å². The van der Waals surface area contributed by atoms with Crippen LogP contribution in [0.2, 0.25) is 0 Å². The van der Waals surface area contributed by atoms with E-state index in [2.05, 4.69) is 10.3 Å². The summed E-state index contributed by atoms with van der Waals surface area (Å²) in [6, 6.07) is 15.6. The largest absolute Gasteiger partial charge is 0.444 e. The fourth-order valence-electron chi connectivity index (χ4n) is 1.93. The molecule has 0 radical (unpaired) electrons. The summed E-state index contributed by atoms with van der Waals surface area (Å²) in [6.07, 6.45) is -0.491. The van der Waals surface area contributed by atoms with Crippen molar-refractivity contribution in [3.8, 4) is 0 Å². The molecule has 106 valence electrons. The summed E-state index contributed by atoms with van der Waals surface area (Å²) >= 11 is 1.44. The van der Waals surface area contributed by atoms with Crippen molar-refractivity contribution in [2.24, 2.45) is 0 Å². The molecule has 3 rings (SSSR count). The molecule has 0 aliphatic carbocycles. The molecule has 5 heteroatoms. The van der Waals surface area contributed by atoms with E-state index in [4.69, 9.17) is 4.74 Å². The summed E-state index contributed by atoms with van der Waals surface area (Å²) in [7, 11) is 0. The number of hydrogen-bond acceptors (Lipinski definition) is 4. The maximum atomic E-state index is 11.8. The number of nitrogens with zero attached hydrogens (tertiary/aromatic N) is 1. The molecule has 1 heterocycles. The van der Waals surface area contributed by atoms with E-state index in [1.165, 1.54) is 16.9 Å². The van der Waals surface area contributed by atoms with E-state index in [1.54, 1.807) is 0 Å². The van der Waals surface area contributed by atoms with Crippen LogP contribution in [-0.4, -0.2) is 11.1 Å². The summed E-state index contributed by atoms with van der Waals surface area (Å²) in [4.78, 5) is 16.1. The molecule has 1 aromatic heterocycles. The zero-order chi connectivity index (χ0) is 14.7. The molecule has 0 unspecified atom stereocenters. The van der Waals surface area contributed by atoms with Gasteiger partial charge >= 0.3 is 6.09 Å². The lowest BCUT2D eigenvalue weighted by Gasteiger charge is -2.04. The number of ether oxygens (including phenoxy) is 1. The van der Waals surface area contributed by atoms with Crippen molar-refractivity contribution in [2.75, 3.05) is 5.32 Å². The van der Waals surface area contributed by atoms with E-state index in [1.807, 2.05) is 55.5 Å². The number of amides is 1. The minimum absolute atomic E-state index is 0.247. The lowest BCUT2D eigenvalue weighted by Crippen LogP contribution is -2.13. The Morgan fingerprint density at radius 2 is 2.05 bits per heavy atom. The van der Waals surface area contributed by atoms with Gasteiger partial charge in [0.15, 0.2) is 5.13 Å². The van der Waals surface area contributed by atoms with Crippen molar-refractivity contribution >= 4 is 32.8 Å². The highest BCUT2D eigenvalue weighted by Crippen LogP contribution is 2.26. The van der Waals surface area contributed by atoms with Crippen molar-refractivity contribution < 1.29 is 9.53 Å². The van der Waals surface area contributed by atoms with Crippen molar-refractivity contribution in [2.45, 2.75) is 13.5 Å². The van der Waals surface area contributed by atoms with Crippen molar-refractivity contribution in [3.63, 3.8) is 0 Å². The molecule has 0 saturated heterocycles. The first-order chi connectivity index (χ1) is 10.2. The lowest BCUT2D eigenvalue weighted by atomic mass is 10.2. The maximum Gasteiger partial charge on any atom is 0.413 e. The molecule has 0 aliphatic heterocycles. The first kappa shape index (κ1) is 13.6. The Labute approximate surface area is 126 Å². The average molecular weight is 298 g/mol. The van der Waals surface area contributed by atoms with Crippen molar-refractivity contribution in [1.29, 1.82) is 0 Å². The second-order valence-electron chi connectivity index (χ2n) is 4.68. The molecular formula is C16H14N2O2S. The highest BCUT2D eigenvalue weighted by molar-refractivity contribution is 7.22. The number of aryl methyl sites for hydroxylation is 1. The molecule has 21 heavy (non-hydrogen) atoms. The molecule has 0 aliphatic rings.